The number of nitrogens with one attached hydrogen (secondary N) is 1. The number of rotatable bonds is 6. The Labute approximate surface area is 126 Å². The number of aromatic nitrogens is 1. The highest BCUT2D eigenvalue weighted by molar-refractivity contribution is 7.99. The lowest BCUT2D eigenvalue weighted by Gasteiger charge is -2.27. The smallest absolute Gasteiger partial charge is 0.0751 e. The Morgan fingerprint density at radius 2 is 1.80 bits per heavy atom. The fraction of sp³-hybridized carbons (Fsp3) is 0.353. The largest absolute Gasteiger partial charge is 0.304 e. The molecule has 2 nitrogen and oxygen atoms in total. The van der Waals surface area contributed by atoms with Gasteiger partial charge in [0, 0.05) is 17.5 Å². The standard InChI is InChI=1S/C17H22N2S/c1-17(2,20-3)13-19-16(14-9-5-4-6-10-14)15-11-7-8-12-18-15/h4-12,16,19H,13H2,1-3H3. The van der Waals surface area contributed by atoms with Gasteiger partial charge >= 0.3 is 0 Å². The quantitative estimate of drug-likeness (QED) is 0.871. The van der Waals surface area contributed by atoms with E-state index in [1.54, 1.807) is 0 Å². The van der Waals surface area contributed by atoms with Crippen molar-refractivity contribution in [2.24, 2.45) is 0 Å². The van der Waals surface area contributed by atoms with Crippen LogP contribution in [0.5, 0.6) is 0 Å². The topological polar surface area (TPSA) is 24.9 Å². The summed E-state index contributed by atoms with van der Waals surface area (Å²) in [4.78, 5) is 4.51. The van der Waals surface area contributed by atoms with E-state index in [-0.39, 0.29) is 10.8 Å². The third kappa shape index (κ3) is 4.09. The molecule has 0 amide bonds. The van der Waals surface area contributed by atoms with Crippen LogP contribution in [0.3, 0.4) is 0 Å². The highest BCUT2D eigenvalue weighted by Crippen LogP contribution is 2.24. The minimum atomic E-state index is 0.142. The van der Waals surface area contributed by atoms with Crippen LogP contribution in [-0.2, 0) is 0 Å². The molecule has 0 radical (unpaired) electrons. The normalized spacial score (nSPS) is 13.2. The minimum Gasteiger partial charge on any atom is -0.304 e. The van der Waals surface area contributed by atoms with E-state index in [0.717, 1.165) is 12.2 Å². The molecule has 0 aliphatic heterocycles. The first-order chi connectivity index (χ1) is 9.62. The summed E-state index contributed by atoms with van der Waals surface area (Å²) < 4.78 is 0.210. The first-order valence-electron chi connectivity index (χ1n) is 6.87. The Morgan fingerprint density at radius 3 is 2.40 bits per heavy atom. The molecule has 1 heterocycles. The molecular weight excluding hydrogens is 264 g/mol. The van der Waals surface area contributed by atoms with Gasteiger partial charge in [0.05, 0.1) is 11.7 Å². The molecule has 0 saturated carbocycles. The first-order valence-corrected chi connectivity index (χ1v) is 8.09. The molecule has 0 saturated heterocycles. The van der Waals surface area contributed by atoms with Crippen LogP contribution >= 0.6 is 11.8 Å². The molecule has 1 aromatic heterocycles. The summed E-state index contributed by atoms with van der Waals surface area (Å²) in [5, 5.41) is 3.66. The van der Waals surface area contributed by atoms with Gasteiger partial charge < -0.3 is 5.32 Å². The van der Waals surface area contributed by atoms with E-state index in [9.17, 15) is 0 Å². The van der Waals surface area contributed by atoms with E-state index in [4.69, 9.17) is 0 Å². The van der Waals surface area contributed by atoms with Gasteiger partial charge in [0.15, 0.2) is 0 Å². The molecule has 0 spiro atoms. The Hall–Kier alpha value is -1.32. The highest BCUT2D eigenvalue weighted by atomic mass is 32.2. The van der Waals surface area contributed by atoms with Crippen LogP contribution in [0.15, 0.2) is 54.7 Å². The van der Waals surface area contributed by atoms with Crippen molar-refractivity contribution in [1.82, 2.24) is 10.3 Å². The second-order valence-corrected chi connectivity index (χ2v) is 6.96. The zero-order chi connectivity index (χ0) is 14.4. The lowest BCUT2D eigenvalue weighted by Crippen LogP contribution is -2.35. The van der Waals surface area contributed by atoms with E-state index >= 15 is 0 Å². The van der Waals surface area contributed by atoms with E-state index in [0.29, 0.717) is 0 Å². The summed E-state index contributed by atoms with van der Waals surface area (Å²) in [6.07, 6.45) is 4.01. The summed E-state index contributed by atoms with van der Waals surface area (Å²) in [7, 11) is 0. The zero-order valence-electron chi connectivity index (χ0n) is 12.3. The third-order valence-corrected chi connectivity index (χ3v) is 4.65. The van der Waals surface area contributed by atoms with E-state index in [1.165, 1.54) is 5.56 Å². The van der Waals surface area contributed by atoms with Gasteiger partial charge in [-0.05, 0) is 37.8 Å². The fourth-order valence-corrected chi connectivity index (χ4v) is 2.23. The molecule has 0 bridgehead atoms. The summed E-state index contributed by atoms with van der Waals surface area (Å²) in [6.45, 7) is 5.45. The second kappa shape index (κ2) is 6.91. The summed E-state index contributed by atoms with van der Waals surface area (Å²) in [5.74, 6) is 0. The van der Waals surface area contributed by atoms with Crippen LogP contribution in [0.2, 0.25) is 0 Å². The zero-order valence-corrected chi connectivity index (χ0v) is 13.2. The second-order valence-electron chi connectivity index (χ2n) is 5.44. The molecule has 1 atom stereocenters. The number of nitrogens with zero attached hydrogens (tertiary/aromatic N) is 1. The van der Waals surface area contributed by atoms with Crippen molar-refractivity contribution in [2.45, 2.75) is 24.6 Å². The van der Waals surface area contributed by atoms with Gasteiger partial charge in [-0.1, -0.05) is 36.4 Å². The van der Waals surface area contributed by atoms with E-state index in [1.807, 2.05) is 36.2 Å². The van der Waals surface area contributed by atoms with Gasteiger partial charge in [0.2, 0.25) is 0 Å². The van der Waals surface area contributed by atoms with Gasteiger partial charge in [-0.15, -0.1) is 0 Å². The van der Waals surface area contributed by atoms with Gasteiger partial charge in [-0.2, -0.15) is 11.8 Å². The molecule has 2 rings (SSSR count). The van der Waals surface area contributed by atoms with Gasteiger partial charge in [0.25, 0.3) is 0 Å². The van der Waals surface area contributed by atoms with Crippen LogP contribution < -0.4 is 5.32 Å². The molecule has 0 fully saturated rings. The van der Waals surface area contributed by atoms with Crippen molar-refractivity contribution < 1.29 is 0 Å². The highest BCUT2D eigenvalue weighted by Gasteiger charge is 2.20. The molecule has 2 aromatic rings. The van der Waals surface area contributed by atoms with Crippen LogP contribution in [0.25, 0.3) is 0 Å². The summed E-state index contributed by atoms with van der Waals surface area (Å²) in [6, 6.07) is 16.7. The molecule has 1 aromatic carbocycles. The predicted molar refractivity (Wildman–Crippen MR) is 88.1 cm³/mol. The minimum absolute atomic E-state index is 0.142. The predicted octanol–water partition coefficient (Wildman–Crippen LogP) is 3.90. The summed E-state index contributed by atoms with van der Waals surface area (Å²) in [5.41, 5.74) is 2.32. The van der Waals surface area contributed by atoms with Gasteiger partial charge in [-0.3, -0.25) is 4.98 Å². The molecule has 0 aliphatic rings. The lowest BCUT2D eigenvalue weighted by atomic mass is 10.0. The van der Waals surface area contributed by atoms with Crippen LogP contribution in [0, 0.1) is 0 Å². The number of benzene rings is 1. The Kier molecular flexibility index (Phi) is 5.21. The van der Waals surface area contributed by atoms with E-state index in [2.05, 4.69) is 60.7 Å². The Balaban J connectivity index is 2.22. The van der Waals surface area contributed by atoms with Crippen molar-refractivity contribution in [3.63, 3.8) is 0 Å². The molecule has 3 heteroatoms. The van der Waals surface area contributed by atoms with Crippen molar-refractivity contribution >= 4 is 11.8 Å². The van der Waals surface area contributed by atoms with Crippen molar-refractivity contribution in [3.8, 4) is 0 Å². The van der Waals surface area contributed by atoms with E-state index < -0.39 is 0 Å². The fourth-order valence-electron chi connectivity index (χ4n) is 2.01. The SMILES string of the molecule is CSC(C)(C)CNC(c1ccccc1)c1ccccn1. The van der Waals surface area contributed by atoms with Crippen LogP contribution in [0.1, 0.15) is 31.1 Å². The maximum absolute atomic E-state index is 4.51. The third-order valence-electron chi connectivity index (χ3n) is 3.40. The van der Waals surface area contributed by atoms with Crippen molar-refractivity contribution in [3.05, 3.63) is 66.0 Å². The molecule has 1 unspecified atom stereocenters. The maximum atomic E-state index is 4.51. The van der Waals surface area contributed by atoms with Crippen molar-refractivity contribution in [2.75, 3.05) is 12.8 Å². The number of hydrogen-bond acceptors (Lipinski definition) is 3. The molecule has 1 N–H and O–H groups in total. The Bertz CT molecular complexity index is 472. The number of hydrogen-bond donors (Lipinski definition) is 1. The molecule has 0 aliphatic carbocycles. The number of thioether (sulfide) groups is 1. The van der Waals surface area contributed by atoms with Gasteiger partial charge in [-0.25, -0.2) is 0 Å². The molecule has 20 heavy (non-hydrogen) atoms. The maximum Gasteiger partial charge on any atom is 0.0751 e. The van der Waals surface area contributed by atoms with Gasteiger partial charge in [0.1, 0.15) is 0 Å². The van der Waals surface area contributed by atoms with Crippen LogP contribution in [-0.4, -0.2) is 22.5 Å². The lowest BCUT2D eigenvalue weighted by molar-refractivity contribution is 0.535. The molecular formula is C17H22N2S. The first kappa shape index (κ1) is 15.1. The summed E-state index contributed by atoms with van der Waals surface area (Å²) >= 11 is 1.88. The molecule has 106 valence electrons. The number of pyridine rings is 1. The monoisotopic (exact) mass is 286 g/mol. The van der Waals surface area contributed by atoms with Crippen molar-refractivity contribution in [1.29, 1.82) is 0 Å². The Morgan fingerprint density at radius 1 is 1.10 bits per heavy atom. The van der Waals surface area contributed by atoms with Crippen LogP contribution in [0.4, 0.5) is 0 Å². The average Bonchev–Trinajstić information content (AvgIpc) is 2.49. The average molecular weight is 286 g/mol.